The van der Waals surface area contributed by atoms with Gasteiger partial charge in [0.15, 0.2) is 0 Å². The molecule has 3 aliphatic rings. The second kappa shape index (κ2) is 6.98. The van der Waals surface area contributed by atoms with Gasteiger partial charge >= 0.3 is 0 Å². The van der Waals surface area contributed by atoms with Gasteiger partial charge in [0.25, 0.3) is 0 Å². The quantitative estimate of drug-likeness (QED) is 0.746. The summed E-state index contributed by atoms with van der Waals surface area (Å²) in [5, 5.41) is 0. The van der Waals surface area contributed by atoms with Crippen LogP contribution in [-0.4, -0.2) is 53.8 Å². The van der Waals surface area contributed by atoms with Gasteiger partial charge in [0.2, 0.25) is 17.7 Å². The van der Waals surface area contributed by atoms with Crippen LogP contribution in [0.2, 0.25) is 0 Å². The lowest BCUT2D eigenvalue weighted by atomic mass is 9.75. The number of amides is 3. The van der Waals surface area contributed by atoms with E-state index in [1.165, 1.54) is 4.90 Å². The van der Waals surface area contributed by atoms with Gasteiger partial charge in [-0.3, -0.25) is 19.3 Å². The number of hydrogen-bond acceptors (Lipinski definition) is 4. The summed E-state index contributed by atoms with van der Waals surface area (Å²) >= 11 is 0. The van der Waals surface area contributed by atoms with E-state index in [1.807, 2.05) is 17.0 Å². The van der Waals surface area contributed by atoms with E-state index in [0.29, 0.717) is 5.75 Å². The van der Waals surface area contributed by atoms with Crippen molar-refractivity contribution < 1.29 is 19.1 Å². The van der Waals surface area contributed by atoms with Gasteiger partial charge in [-0.2, -0.15) is 0 Å². The van der Waals surface area contributed by atoms with Crippen molar-refractivity contribution in [2.24, 2.45) is 0 Å². The Kier molecular flexibility index (Phi) is 4.66. The SMILES string of the molecule is COc1ccc([C@]2(CC(=O)N3CCCCC3)CC(=O)N(C3CC3)C2=O)cc1. The van der Waals surface area contributed by atoms with Crippen molar-refractivity contribution in [3.8, 4) is 5.75 Å². The zero-order valence-electron chi connectivity index (χ0n) is 15.8. The first-order valence-corrected chi connectivity index (χ1v) is 9.84. The zero-order valence-corrected chi connectivity index (χ0v) is 15.8. The summed E-state index contributed by atoms with van der Waals surface area (Å²) in [6, 6.07) is 7.25. The molecule has 4 rings (SSSR count). The number of benzene rings is 1. The molecule has 6 nitrogen and oxygen atoms in total. The summed E-state index contributed by atoms with van der Waals surface area (Å²) in [7, 11) is 1.59. The monoisotopic (exact) mass is 370 g/mol. The molecule has 0 bridgehead atoms. The smallest absolute Gasteiger partial charge is 0.241 e. The highest BCUT2D eigenvalue weighted by molar-refractivity contribution is 6.11. The van der Waals surface area contributed by atoms with E-state index in [2.05, 4.69) is 0 Å². The van der Waals surface area contributed by atoms with E-state index in [1.54, 1.807) is 19.2 Å². The molecule has 2 heterocycles. The molecule has 0 unspecified atom stereocenters. The van der Waals surface area contributed by atoms with Crippen molar-refractivity contribution in [2.45, 2.75) is 56.4 Å². The fraction of sp³-hybridized carbons (Fsp3) is 0.571. The maximum Gasteiger partial charge on any atom is 0.241 e. The first-order valence-electron chi connectivity index (χ1n) is 9.84. The molecule has 27 heavy (non-hydrogen) atoms. The molecule has 1 saturated carbocycles. The largest absolute Gasteiger partial charge is 0.497 e. The molecule has 144 valence electrons. The van der Waals surface area contributed by atoms with Crippen LogP contribution in [-0.2, 0) is 19.8 Å². The molecule has 1 aromatic carbocycles. The Morgan fingerprint density at radius 3 is 2.37 bits per heavy atom. The number of piperidine rings is 1. The summed E-state index contributed by atoms with van der Waals surface area (Å²) < 4.78 is 5.22. The van der Waals surface area contributed by atoms with Crippen molar-refractivity contribution in [1.29, 1.82) is 0 Å². The first kappa shape index (κ1) is 18.0. The second-order valence-electron chi connectivity index (χ2n) is 7.91. The van der Waals surface area contributed by atoms with E-state index < -0.39 is 5.41 Å². The number of carbonyl (C=O) groups is 3. The number of nitrogens with zero attached hydrogens (tertiary/aromatic N) is 2. The summed E-state index contributed by atoms with van der Waals surface area (Å²) in [5.41, 5.74) is -0.351. The van der Waals surface area contributed by atoms with Crippen LogP contribution < -0.4 is 4.74 Å². The van der Waals surface area contributed by atoms with Crippen molar-refractivity contribution in [2.75, 3.05) is 20.2 Å². The van der Waals surface area contributed by atoms with Gasteiger partial charge in [-0.15, -0.1) is 0 Å². The van der Waals surface area contributed by atoms with Gasteiger partial charge in [0.1, 0.15) is 5.75 Å². The highest BCUT2D eigenvalue weighted by atomic mass is 16.5. The predicted octanol–water partition coefficient (Wildman–Crippen LogP) is 2.26. The third-order valence-corrected chi connectivity index (χ3v) is 6.07. The lowest BCUT2D eigenvalue weighted by molar-refractivity contribution is -0.143. The normalized spacial score (nSPS) is 25.8. The van der Waals surface area contributed by atoms with Gasteiger partial charge < -0.3 is 9.64 Å². The number of hydrogen-bond donors (Lipinski definition) is 0. The Labute approximate surface area is 159 Å². The zero-order chi connectivity index (χ0) is 19.0. The number of likely N-dealkylation sites (tertiary alicyclic amines) is 2. The fourth-order valence-electron chi connectivity index (χ4n) is 4.35. The minimum Gasteiger partial charge on any atom is -0.497 e. The molecule has 3 amide bonds. The minimum absolute atomic E-state index is 0.0233. The average molecular weight is 370 g/mol. The third-order valence-electron chi connectivity index (χ3n) is 6.07. The van der Waals surface area contributed by atoms with Crippen molar-refractivity contribution in [3.63, 3.8) is 0 Å². The van der Waals surface area contributed by atoms with E-state index in [9.17, 15) is 14.4 Å². The number of imide groups is 1. The standard InChI is InChI=1S/C21H26N2O4/c1-27-17-9-5-15(6-10-17)21(13-18(24)22-11-3-2-4-12-22)14-19(25)23(20(21)26)16-7-8-16/h5-6,9-10,16H,2-4,7-8,11-14H2,1H3/t21-/m0/s1. The summed E-state index contributed by atoms with van der Waals surface area (Å²) in [4.78, 5) is 42.4. The van der Waals surface area contributed by atoms with Crippen LogP contribution in [0.15, 0.2) is 24.3 Å². The number of ether oxygens (including phenoxy) is 1. The Bertz CT molecular complexity index is 750. The van der Waals surface area contributed by atoms with Crippen LogP contribution in [0.5, 0.6) is 5.75 Å². The number of carbonyl (C=O) groups excluding carboxylic acids is 3. The summed E-state index contributed by atoms with van der Waals surface area (Å²) in [6.45, 7) is 1.48. The lowest BCUT2D eigenvalue weighted by Gasteiger charge is -2.32. The molecule has 1 aliphatic carbocycles. The Morgan fingerprint density at radius 2 is 1.78 bits per heavy atom. The summed E-state index contributed by atoms with van der Waals surface area (Å²) in [5.74, 6) is 0.312. The van der Waals surface area contributed by atoms with Crippen LogP contribution in [0.25, 0.3) is 0 Å². The molecular weight excluding hydrogens is 344 g/mol. The highest BCUT2D eigenvalue weighted by Gasteiger charge is 2.57. The number of rotatable bonds is 5. The first-order chi connectivity index (χ1) is 13.0. The van der Waals surface area contributed by atoms with Crippen LogP contribution in [0.3, 0.4) is 0 Å². The van der Waals surface area contributed by atoms with Crippen LogP contribution in [0.4, 0.5) is 0 Å². The second-order valence-corrected chi connectivity index (χ2v) is 7.91. The maximum atomic E-state index is 13.4. The Hall–Kier alpha value is -2.37. The Balaban J connectivity index is 1.67. The van der Waals surface area contributed by atoms with Crippen LogP contribution >= 0.6 is 0 Å². The van der Waals surface area contributed by atoms with Gasteiger partial charge in [0.05, 0.1) is 12.5 Å². The number of methoxy groups -OCH3 is 1. The van der Waals surface area contributed by atoms with Gasteiger partial charge in [-0.1, -0.05) is 12.1 Å². The Morgan fingerprint density at radius 1 is 1.11 bits per heavy atom. The minimum atomic E-state index is -1.08. The van der Waals surface area contributed by atoms with Crippen molar-refractivity contribution >= 4 is 17.7 Å². The fourth-order valence-corrected chi connectivity index (χ4v) is 4.35. The van der Waals surface area contributed by atoms with E-state index in [4.69, 9.17) is 4.74 Å². The third kappa shape index (κ3) is 3.22. The van der Waals surface area contributed by atoms with Gasteiger partial charge in [0, 0.05) is 32.0 Å². The molecule has 0 spiro atoms. The molecule has 2 aliphatic heterocycles. The predicted molar refractivity (Wildman–Crippen MR) is 99.2 cm³/mol. The van der Waals surface area contributed by atoms with Gasteiger partial charge in [-0.25, -0.2) is 0 Å². The van der Waals surface area contributed by atoms with E-state index in [0.717, 1.165) is 50.8 Å². The molecule has 1 atom stereocenters. The molecule has 0 radical (unpaired) electrons. The molecular formula is C21H26N2O4. The molecule has 6 heteroatoms. The van der Waals surface area contributed by atoms with Crippen molar-refractivity contribution in [3.05, 3.63) is 29.8 Å². The highest BCUT2D eigenvalue weighted by Crippen LogP contribution is 2.44. The lowest BCUT2D eigenvalue weighted by Crippen LogP contribution is -2.45. The molecule has 0 N–H and O–H groups in total. The van der Waals surface area contributed by atoms with E-state index in [-0.39, 0.29) is 36.6 Å². The molecule has 1 aromatic rings. The summed E-state index contributed by atoms with van der Waals surface area (Å²) in [6.07, 6.45) is 5.03. The van der Waals surface area contributed by atoms with Gasteiger partial charge in [-0.05, 0) is 49.8 Å². The van der Waals surface area contributed by atoms with E-state index >= 15 is 0 Å². The average Bonchev–Trinajstić information content (AvgIpc) is 3.49. The molecule has 3 fully saturated rings. The van der Waals surface area contributed by atoms with Crippen LogP contribution in [0, 0.1) is 0 Å². The van der Waals surface area contributed by atoms with Crippen LogP contribution in [0.1, 0.15) is 50.5 Å². The molecule has 2 saturated heterocycles. The van der Waals surface area contributed by atoms with Crippen molar-refractivity contribution in [1.82, 2.24) is 9.80 Å². The maximum absolute atomic E-state index is 13.4. The molecule has 0 aromatic heterocycles. The topological polar surface area (TPSA) is 66.9 Å².